The van der Waals surface area contributed by atoms with Crippen LogP contribution in [-0.4, -0.2) is 34.6 Å². The van der Waals surface area contributed by atoms with Crippen molar-refractivity contribution in [3.8, 4) is 11.5 Å². The molecule has 1 aliphatic heterocycles. The average Bonchev–Trinajstić information content (AvgIpc) is 2.62. The van der Waals surface area contributed by atoms with Gasteiger partial charge in [0.1, 0.15) is 11.5 Å². The smallest absolute Gasteiger partial charge is 0.277 e. The fourth-order valence-corrected chi connectivity index (χ4v) is 4.60. The SMILES string of the molecule is CNCCCC1Oc2ccccc2N(c2ccc(OC)cc2)S1(=O)=O. The van der Waals surface area contributed by atoms with E-state index in [1.54, 1.807) is 49.6 Å². The maximum Gasteiger partial charge on any atom is 0.277 e. The van der Waals surface area contributed by atoms with Crippen molar-refractivity contribution in [1.29, 1.82) is 0 Å². The van der Waals surface area contributed by atoms with Crippen molar-refractivity contribution in [2.75, 3.05) is 25.0 Å². The van der Waals surface area contributed by atoms with Crippen LogP contribution in [0.5, 0.6) is 11.5 Å². The molecule has 2 aromatic rings. The molecule has 0 aliphatic carbocycles. The fraction of sp³-hybridized carbons (Fsp3) is 0.333. The Morgan fingerprint density at radius 3 is 2.56 bits per heavy atom. The number of rotatable bonds is 6. The zero-order chi connectivity index (χ0) is 17.9. The Hall–Kier alpha value is -2.25. The first kappa shape index (κ1) is 17.6. The number of anilines is 2. The molecule has 1 atom stereocenters. The van der Waals surface area contributed by atoms with Gasteiger partial charge in [0, 0.05) is 6.42 Å². The summed E-state index contributed by atoms with van der Waals surface area (Å²) in [4.78, 5) is 0. The summed E-state index contributed by atoms with van der Waals surface area (Å²) in [6.07, 6.45) is 1.13. The summed E-state index contributed by atoms with van der Waals surface area (Å²) < 4.78 is 38.7. The number of benzene rings is 2. The summed E-state index contributed by atoms with van der Waals surface area (Å²) >= 11 is 0. The van der Waals surface area contributed by atoms with Crippen LogP contribution in [0.3, 0.4) is 0 Å². The summed E-state index contributed by atoms with van der Waals surface area (Å²) in [5, 5.41) is 3.03. The monoisotopic (exact) mass is 362 g/mol. The van der Waals surface area contributed by atoms with Gasteiger partial charge >= 0.3 is 0 Å². The third-order valence-corrected chi connectivity index (χ3v) is 6.02. The largest absolute Gasteiger partial charge is 0.497 e. The van der Waals surface area contributed by atoms with E-state index in [1.807, 2.05) is 13.1 Å². The molecule has 0 fully saturated rings. The van der Waals surface area contributed by atoms with Gasteiger partial charge in [0.2, 0.25) is 5.44 Å². The zero-order valence-electron chi connectivity index (χ0n) is 14.3. The van der Waals surface area contributed by atoms with E-state index in [0.717, 1.165) is 6.54 Å². The number of nitrogens with one attached hydrogen (secondary N) is 1. The van der Waals surface area contributed by atoms with Crippen LogP contribution in [0, 0.1) is 0 Å². The summed E-state index contributed by atoms with van der Waals surface area (Å²) in [7, 11) is -0.269. The highest BCUT2D eigenvalue weighted by Crippen LogP contribution is 2.43. The van der Waals surface area contributed by atoms with Gasteiger partial charge in [-0.1, -0.05) is 12.1 Å². The molecular weight excluding hydrogens is 340 g/mol. The van der Waals surface area contributed by atoms with E-state index in [0.29, 0.717) is 35.7 Å². The maximum absolute atomic E-state index is 13.2. The molecule has 1 heterocycles. The van der Waals surface area contributed by atoms with E-state index in [-0.39, 0.29) is 0 Å². The lowest BCUT2D eigenvalue weighted by atomic mass is 10.2. The van der Waals surface area contributed by atoms with Crippen LogP contribution < -0.4 is 19.1 Å². The number of hydrogen-bond acceptors (Lipinski definition) is 5. The van der Waals surface area contributed by atoms with Crippen molar-refractivity contribution in [3.05, 3.63) is 48.5 Å². The third kappa shape index (κ3) is 3.43. The minimum absolute atomic E-state index is 0.421. The second-order valence-corrected chi connectivity index (χ2v) is 7.69. The highest BCUT2D eigenvalue weighted by atomic mass is 32.2. The summed E-state index contributed by atoms with van der Waals surface area (Å²) in [6.45, 7) is 0.736. The Morgan fingerprint density at radius 1 is 1.16 bits per heavy atom. The first-order valence-corrected chi connectivity index (χ1v) is 9.66. The average molecular weight is 362 g/mol. The summed E-state index contributed by atoms with van der Waals surface area (Å²) in [5.74, 6) is 1.25. The molecule has 0 aromatic heterocycles. The van der Waals surface area contributed by atoms with Crippen LogP contribution in [0.1, 0.15) is 12.8 Å². The van der Waals surface area contributed by atoms with Gasteiger partial charge in [0.05, 0.1) is 18.5 Å². The number of hydrogen-bond donors (Lipinski definition) is 1. The van der Waals surface area contributed by atoms with Crippen LogP contribution in [0.25, 0.3) is 0 Å². The second kappa shape index (κ2) is 7.33. The number of nitrogens with zero attached hydrogens (tertiary/aromatic N) is 1. The minimum atomic E-state index is -3.69. The normalized spacial score (nSPS) is 18.3. The van der Waals surface area contributed by atoms with E-state index >= 15 is 0 Å². The van der Waals surface area contributed by atoms with Gasteiger partial charge in [-0.2, -0.15) is 0 Å². The maximum atomic E-state index is 13.2. The van der Waals surface area contributed by atoms with Crippen LogP contribution >= 0.6 is 0 Å². The van der Waals surface area contributed by atoms with E-state index in [1.165, 1.54) is 4.31 Å². The first-order chi connectivity index (χ1) is 12.1. The molecular formula is C18H22N2O4S. The Bertz CT molecular complexity index is 821. The number of sulfonamides is 1. The molecule has 134 valence electrons. The van der Waals surface area contributed by atoms with E-state index < -0.39 is 15.5 Å². The second-order valence-electron chi connectivity index (χ2n) is 5.77. The number of ether oxygens (including phenoxy) is 2. The molecule has 0 amide bonds. The van der Waals surface area contributed by atoms with E-state index in [4.69, 9.17) is 9.47 Å². The van der Waals surface area contributed by atoms with E-state index in [9.17, 15) is 8.42 Å². The molecule has 1 unspecified atom stereocenters. The van der Waals surface area contributed by atoms with Gasteiger partial charge in [-0.15, -0.1) is 0 Å². The molecule has 0 spiro atoms. The molecule has 0 saturated carbocycles. The van der Waals surface area contributed by atoms with Gasteiger partial charge in [-0.05, 0) is 56.4 Å². The molecule has 0 bridgehead atoms. The van der Waals surface area contributed by atoms with Crippen molar-refractivity contribution in [2.24, 2.45) is 0 Å². The van der Waals surface area contributed by atoms with Gasteiger partial charge in [0.25, 0.3) is 10.0 Å². The van der Waals surface area contributed by atoms with Gasteiger partial charge in [-0.3, -0.25) is 0 Å². The minimum Gasteiger partial charge on any atom is -0.497 e. The Labute approximate surface area is 148 Å². The zero-order valence-corrected chi connectivity index (χ0v) is 15.1. The predicted octanol–water partition coefficient (Wildman–Crippen LogP) is 2.88. The van der Waals surface area contributed by atoms with Crippen LogP contribution in [0.15, 0.2) is 48.5 Å². The molecule has 7 heteroatoms. The molecule has 1 N–H and O–H groups in total. The topological polar surface area (TPSA) is 67.9 Å². The molecule has 2 aromatic carbocycles. The molecule has 0 radical (unpaired) electrons. The van der Waals surface area contributed by atoms with Crippen LogP contribution in [0.4, 0.5) is 11.4 Å². The lowest BCUT2D eigenvalue weighted by Crippen LogP contribution is -2.43. The van der Waals surface area contributed by atoms with Gasteiger partial charge in [0.15, 0.2) is 0 Å². The molecule has 6 nitrogen and oxygen atoms in total. The number of methoxy groups -OCH3 is 1. The molecule has 3 rings (SSSR count). The highest BCUT2D eigenvalue weighted by Gasteiger charge is 2.40. The highest BCUT2D eigenvalue weighted by molar-refractivity contribution is 7.93. The van der Waals surface area contributed by atoms with Gasteiger partial charge in [-0.25, -0.2) is 12.7 Å². The lowest BCUT2D eigenvalue weighted by molar-refractivity contribution is 0.254. The quantitative estimate of drug-likeness (QED) is 0.801. The third-order valence-electron chi connectivity index (χ3n) is 4.10. The number of fused-ring (bicyclic) bond motifs is 1. The van der Waals surface area contributed by atoms with Crippen LogP contribution in [-0.2, 0) is 10.0 Å². The fourth-order valence-electron chi connectivity index (χ4n) is 2.84. The Morgan fingerprint density at radius 2 is 1.88 bits per heavy atom. The Kier molecular flexibility index (Phi) is 5.15. The van der Waals surface area contributed by atoms with Crippen molar-refractivity contribution < 1.29 is 17.9 Å². The lowest BCUT2D eigenvalue weighted by Gasteiger charge is -2.35. The van der Waals surface area contributed by atoms with Crippen LogP contribution in [0.2, 0.25) is 0 Å². The summed E-state index contributed by atoms with van der Waals surface area (Å²) in [6, 6.07) is 14.2. The summed E-state index contributed by atoms with van der Waals surface area (Å²) in [5.41, 5.74) is 0.186. The Balaban J connectivity index is 2.03. The van der Waals surface area contributed by atoms with Gasteiger partial charge < -0.3 is 14.8 Å². The van der Waals surface area contributed by atoms with Crippen molar-refractivity contribution >= 4 is 21.4 Å². The van der Waals surface area contributed by atoms with Crippen molar-refractivity contribution in [2.45, 2.75) is 18.3 Å². The van der Waals surface area contributed by atoms with Crippen molar-refractivity contribution in [3.63, 3.8) is 0 Å². The molecule has 1 aliphatic rings. The number of para-hydroxylation sites is 2. The predicted molar refractivity (Wildman–Crippen MR) is 98.1 cm³/mol. The van der Waals surface area contributed by atoms with Crippen molar-refractivity contribution in [1.82, 2.24) is 5.32 Å². The first-order valence-electron chi connectivity index (χ1n) is 8.16. The van der Waals surface area contributed by atoms with E-state index in [2.05, 4.69) is 5.32 Å². The molecule has 0 saturated heterocycles. The standard InChI is InChI=1S/C18H22N2O4S/c1-19-13-5-8-18-24-17-7-4-3-6-16(17)20(25(18,21)22)14-9-11-15(23-2)12-10-14/h3-4,6-7,9-12,18-19H,5,8,13H2,1-2H3. The molecule has 25 heavy (non-hydrogen) atoms.